The summed E-state index contributed by atoms with van der Waals surface area (Å²) in [5.74, 6) is -2.10. The molecule has 2 aliphatic rings. The number of nitrogens with zero attached hydrogens (tertiary/aromatic N) is 2. The van der Waals surface area contributed by atoms with Crippen molar-refractivity contribution in [1.29, 1.82) is 0 Å². The van der Waals surface area contributed by atoms with Crippen LogP contribution < -0.4 is 20.1 Å². The van der Waals surface area contributed by atoms with E-state index in [9.17, 15) is 37.4 Å². The second-order valence-corrected chi connectivity index (χ2v) is 12.3. The SMILES string of the molecule is C[C@]1(C(=O)NC[C@@H](O)CO)COc2c1cc(C(O)(CNC(=O)c1cc(OC3CC3)c3ncccc3c1)C(F)(F)F)nc2-c1ccc(F)cc1. The number of carbonyl (C=O) groups excluding carboxylic acids is 2. The Kier molecular flexibility index (Phi) is 8.94. The van der Waals surface area contributed by atoms with E-state index in [0.717, 1.165) is 31.0 Å². The van der Waals surface area contributed by atoms with Crippen molar-refractivity contribution in [3.05, 3.63) is 83.4 Å². The molecule has 2 aromatic heterocycles. The summed E-state index contributed by atoms with van der Waals surface area (Å²) in [4.78, 5) is 35.2. The van der Waals surface area contributed by atoms with Gasteiger partial charge in [0.05, 0.1) is 31.1 Å². The van der Waals surface area contributed by atoms with E-state index < -0.39 is 59.8 Å². The highest BCUT2D eigenvalue weighted by atomic mass is 19.4. The fraction of sp³-hybridized carbons (Fsp3) is 0.353. The van der Waals surface area contributed by atoms with Crippen molar-refractivity contribution in [2.75, 3.05) is 26.3 Å². The Morgan fingerprint density at radius 2 is 1.86 bits per heavy atom. The average Bonchev–Trinajstić information content (AvgIpc) is 3.84. The molecule has 1 saturated carbocycles. The third-order valence-corrected chi connectivity index (χ3v) is 8.55. The summed E-state index contributed by atoms with van der Waals surface area (Å²) in [5.41, 5.74) is -6.11. The first kappa shape index (κ1) is 34.0. The summed E-state index contributed by atoms with van der Waals surface area (Å²) in [6, 6.07) is 11.7. The smallest absolute Gasteiger partial charge is 0.424 e. The lowest BCUT2D eigenvalue weighted by atomic mass is 9.81. The van der Waals surface area contributed by atoms with Crippen LogP contribution in [-0.2, 0) is 15.8 Å². The van der Waals surface area contributed by atoms with Gasteiger partial charge in [-0.05, 0) is 68.3 Å². The van der Waals surface area contributed by atoms with Crippen molar-refractivity contribution in [3.8, 4) is 22.8 Å². The van der Waals surface area contributed by atoms with Crippen molar-refractivity contribution in [3.63, 3.8) is 0 Å². The average molecular weight is 685 g/mol. The third kappa shape index (κ3) is 6.60. The minimum absolute atomic E-state index is 0.0303. The van der Waals surface area contributed by atoms with Gasteiger partial charge < -0.3 is 35.4 Å². The van der Waals surface area contributed by atoms with Crippen molar-refractivity contribution in [2.45, 2.75) is 49.2 Å². The molecule has 0 radical (unpaired) electrons. The molecule has 0 spiro atoms. The Bertz CT molecular complexity index is 1900. The largest absolute Gasteiger partial charge is 0.489 e. The number of benzene rings is 2. The summed E-state index contributed by atoms with van der Waals surface area (Å²) in [6.45, 7) is -1.35. The van der Waals surface area contributed by atoms with Crippen LogP contribution in [0.15, 0.2) is 60.8 Å². The summed E-state index contributed by atoms with van der Waals surface area (Å²) in [5, 5.41) is 35.5. The summed E-state index contributed by atoms with van der Waals surface area (Å²) >= 11 is 0. The molecule has 3 heterocycles. The molecule has 1 fully saturated rings. The number of fused-ring (bicyclic) bond motifs is 2. The van der Waals surface area contributed by atoms with Crippen molar-refractivity contribution in [2.24, 2.45) is 0 Å². The molecule has 49 heavy (non-hydrogen) atoms. The fourth-order valence-electron chi connectivity index (χ4n) is 5.45. The van der Waals surface area contributed by atoms with Crippen molar-refractivity contribution < 1.29 is 51.9 Å². The van der Waals surface area contributed by atoms with E-state index in [4.69, 9.17) is 14.6 Å². The maximum atomic E-state index is 14.9. The Morgan fingerprint density at radius 1 is 1.12 bits per heavy atom. The molecule has 15 heteroatoms. The second kappa shape index (κ2) is 12.9. The topological polar surface area (TPSA) is 163 Å². The van der Waals surface area contributed by atoms with Gasteiger partial charge in [-0.1, -0.05) is 6.07 Å². The van der Waals surface area contributed by atoms with Gasteiger partial charge >= 0.3 is 6.18 Å². The number of nitrogens with one attached hydrogen (secondary N) is 2. The quantitative estimate of drug-likeness (QED) is 0.149. The van der Waals surface area contributed by atoms with Crippen LogP contribution in [0.25, 0.3) is 22.2 Å². The highest BCUT2D eigenvalue weighted by Gasteiger charge is 2.58. The van der Waals surface area contributed by atoms with Gasteiger partial charge in [-0.25, -0.2) is 9.37 Å². The number of alkyl halides is 3. The van der Waals surface area contributed by atoms with Gasteiger partial charge in [0, 0.05) is 34.8 Å². The van der Waals surface area contributed by atoms with Crippen LogP contribution in [0.5, 0.6) is 11.5 Å². The number of hydrogen-bond donors (Lipinski definition) is 5. The third-order valence-electron chi connectivity index (χ3n) is 8.55. The lowest BCUT2D eigenvalue weighted by molar-refractivity contribution is -0.265. The highest BCUT2D eigenvalue weighted by Crippen LogP contribution is 2.48. The molecule has 5 N–H and O–H groups in total. The molecule has 258 valence electrons. The van der Waals surface area contributed by atoms with Crippen molar-refractivity contribution >= 4 is 22.7 Å². The number of pyridine rings is 2. The van der Waals surface area contributed by atoms with Crippen LogP contribution in [0.3, 0.4) is 0 Å². The predicted molar refractivity (Wildman–Crippen MR) is 166 cm³/mol. The number of ether oxygens (including phenoxy) is 2. The van der Waals surface area contributed by atoms with Crippen molar-refractivity contribution in [1.82, 2.24) is 20.6 Å². The maximum absolute atomic E-state index is 14.9. The van der Waals surface area contributed by atoms with E-state index in [1.54, 1.807) is 18.3 Å². The van der Waals surface area contributed by atoms with Gasteiger partial charge in [-0.15, -0.1) is 0 Å². The van der Waals surface area contributed by atoms with E-state index >= 15 is 0 Å². The highest BCUT2D eigenvalue weighted by molar-refractivity contribution is 6.00. The van der Waals surface area contributed by atoms with Crippen LogP contribution in [-0.4, -0.2) is 81.8 Å². The molecule has 1 aliphatic heterocycles. The monoisotopic (exact) mass is 684 g/mol. The molecule has 4 aromatic rings. The molecule has 2 amide bonds. The van der Waals surface area contributed by atoms with Gasteiger partial charge in [0.15, 0.2) is 0 Å². The maximum Gasteiger partial charge on any atom is 0.424 e. The second-order valence-electron chi connectivity index (χ2n) is 12.3. The van der Waals surface area contributed by atoms with E-state index in [1.165, 1.54) is 31.2 Å². The normalized spacial score (nSPS) is 19.0. The molecule has 0 bridgehead atoms. The minimum Gasteiger partial charge on any atom is -0.489 e. The van der Waals surface area contributed by atoms with Crippen LogP contribution in [0, 0.1) is 5.82 Å². The zero-order chi connectivity index (χ0) is 35.1. The molecule has 11 nitrogen and oxygen atoms in total. The zero-order valence-electron chi connectivity index (χ0n) is 26.1. The molecule has 0 saturated heterocycles. The Hall–Kier alpha value is -4.86. The summed E-state index contributed by atoms with van der Waals surface area (Å²) in [7, 11) is 0. The molecule has 6 rings (SSSR count). The lowest BCUT2D eigenvalue weighted by Gasteiger charge is -2.31. The Labute approximate surface area is 276 Å². The number of carbonyl (C=O) groups is 2. The first-order valence-corrected chi connectivity index (χ1v) is 15.4. The first-order valence-electron chi connectivity index (χ1n) is 15.4. The lowest BCUT2D eigenvalue weighted by Crippen LogP contribution is -2.52. The van der Waals surface area contributed by atoms with Crippen LogP contribution in [0.2, 0.25) is 0 Å². The molecule has 3 atom stereocenters. The fourth-order valence-corrected chi connectivity index (χ4v) is 5.45. The molecular formula is C34H32F4N4O7. The molecule has 2 aromatic carbocycles. The van der Waals surface area contributed by atoms with E-state index in [2.05, 4.69) is 20.6 Å². The van der Waals surface area contributed by atoms with Crippen LogP contribution in [0.4, 0.5) is 17.6 Å². The first-order chi connectivity index (χ1) is 23.2. The summed E-state index contributed by atoms with van der Waals surface area (Å²) < 4.78 is 70.3. The van der Waals surface area contributed by atoms with Gasteiger partial charge in [-0.2, -0.15) is 13.2 Å². The number of aromatic nitrogens is 2. The van der Waals surface area contributed by atoms with Gasteiger partial charge in [0.25, 0.3) is 5.91 Å². The number of aliphatic hydroxyl groups is 3. The molecule has 1 aliphatic carbocycles. The van der Waals surface area contributed by atoms with Crippen LogP contribution >= 0.6 is 0 Å². The Morgan fingerprint density at radius 3 is 2.53 bits per heavy atom. The zero-order valence-corrected chi connectivity index (χ0v) is 26.1. The van der Waals surface area contributed by atoms with Gasteiger partial charge in [0.1, 0.15) is 40.5 Å². The number of halogens is 4. The standard InChI is InChI=1S/C34H32F4N4O7/c1-32(31(46)40-14-22(44)15-43)17-48-29-24(32)13-26(42-28(29)18-4-6-21(35)7-5-18)33(47,34(36,37)38)16-41-30(45)20-11-19-3-2-10-39-27(19)25(12-20)49-23-8-9-23/h2-7,10-13,22-23,43-44,47H,8-9,14-17H2,1H3,(H,40,46)(H,41,45)/t22-,32+,33?/m1/s1. The summed E-state index contributed by atoms with van der Waals surface area (Å²) in [6.07, 6.45) is -3.59. The minimum atomic E-state index is -5.40. The van der Waals surface area contributed by atoms with E-state index in [1.807, 2.05) is 0 Å². The number of rotatable bonds is 11. The number of aliphatic hydroxyl groups excluding tert-OH is 2. The predicted octanol–water partition coefficient (Wildman–Crippen LogP) is 3.28. The van der Waals surface area contributed by atoms with Crippen LogP contribution in [0.1, 0.15) is 41.4 Å². The van der Waals surface area contributed by atoms with E-state index in [-0.39, 0.29) is 47.4 Å². The number of amides is 2. The Balaban J connectivity index is 1.39. The molecular weight excluding hydrogens is 652 g/mol. The number of hydrogen-bond acceptors (Lipinski definition) is 9. The van der Waals surface area contributed by atoms with Gasteiger partial charge in [-0.3, -0.25) is 14.6 Å². The van der Waals surface area contributed by atoms with E-state index in [0.29, 0.717) is 16.7 Å². The molecule has 1 unspecified atom stereocenters. The van der Waals surface area contributed by atoms with Gasteiger partial charge in [0.2, 0.25) is 11.5 Å².